The summed E-state index contributed by atoms with van der Waals surface area (Å²) in [6, 6.07) is 14.6. The summed E-state index contributed by atoms with van der Waals surface area (Å²) in [5.74, 6) is 0.0523. The molecular formula is C20H22Cl2N2O2. The average Bonchev–Trinajstić information content (AvgIpc) is 2.67. The van der Waals surface area contributed by atoms with Gasteiger partial charge in [0, 0.05) is 29.2 Å². The highest BCUT2D eigenvalue weighted by atomic mass is 35.5. The first-order valence-electron chi connectivity index (χ1n) is 8.68. The Bertz CT molecular complexity index is 749. The lowest BCUT2D eigenvalue weighted by atomic mass is 10.0. The van der Waals surface area contributed by atoms with E-state index < -0.39 is 6.04 Å². The van der Waals surface area contributed by atoms with Crippen LogP contribution in [0.4, 0.5) is 0 Å². The minimum Gasteiger partial charge on any atom is -0.378 e. The van der Waals surface area contributed by atoms with Gasteiger partial charge in [-0.15, -0.1) is 0 Å². The second-order valence-electron chi connectivity index (χ2n) is 6.34. The van der Waals surface area contributed by atoms with Crippen molar-refractivity contribution in [1.82, 2.24) is 10.2 Å². The molecule has 4 nitrogen and oxygen atoms in total. The first kappa shape index (κ1) is 19.2. The van der Waals surface area contributed by atoms with Crippen LogP contribution in [-0.4, -0.2) is 37.1 Å². The molecule has 6 heteroatoms. The fourth-order valence-electron chi connectivity index (χ4n) is 3.11. The zero-order valence-electron chi connectivity index (χ0n) is 14.6. The van der Waals surface area contributed by atoms with Crippen LogP contribution in [-0.2, 0) is 9.53 Å². The summed E-state index contributed by atoms with van der Waals surface area (Å²) in [5, 5.41) is 4.63. The summed E-state index contributed by atoms with van der Waals surface area (Å²) in [6.45, 7) is 4.37. The number of carbonyl (C=O) groups excluding carboxylic acids is 1. The maximum atomic E-state index is 13.2. The third-order valence-corrected chi connectivity index (χ3v) is 5.11. The first-order chi connectivity index (χ1) is 12.6. The zero-order valence-corrected chi connectivity index (χ0v) is 16.1. The molecule has 0 bridgehead atoms. The van der Waals surface area contributed by atoms with Crippen molar-refractivity contribution in [2.45, 2.75) is 19.0 Å². The van der Waals surface area contributed by atoms with Gasteiger partial charge in [-0.25, -0.2) is 0 Å². The molecule has 0 aliphatic carbocycles. The third kappa shape index (κ3) is 4.57. The lowest BCUT2D eigenvalue weighted by Crippen LogP contribution is -2.46. The van der Waals surface area contributed by atoms with Crippen molar-refractivity contribution >= 4 is 29.1 Å². The smallest absolute Gasteiger partial charge is 0.244 e. The molecular weight excluding hydrogens is 371 g/mol. The Balaban J connectivity index is 1.84. The summed E-state index contributed by atoms with van der Waals surface area (Å²) in [5.41, 5.74) is 1.84. The number of hydrogen-bond acceptors (Lipinski definition) is 3. The highest BCUT2D eigenvalue weighted by molar-refractivity contribution is 6.35. The molecule has 1 saturated heterocycles. The molecule has 0 aromatic heterocycles. The van der Waals surface area contributed by atoms with E-state index in [1.54, 1.807) is 6.07 Å². The second kappa shape index (κ2) is 8.87. The Morgan fingerprint density at radius 1 is 1.12 bits per heavy atom. The van der Waals surface area contributed by atoms with E-state index >= 15 is 0 Å². The topological polar surface area (TPSA) is 41.6 Å². The molecule has 2 atom stereocenters. The molecule has 26 heavy (non-hydrogen) atoms. The number of benzene rings is 2. The van der Waals surface area contributed by atoms with Crippen LogP contribution >= 0.6 is 23.2 Å². The van der Waals surface area contributed by atoms with Crippen molar-refractivity contribution in [3.8, 4) is 0 Å². The number of ether oxygens (including phenoxy) is 1. The molecule has 0 radical (unpaired) electrons. The van der Waals surface area contributed by atoms with E-state index in [9.17, 15) is 4.79 Å². The van der Waals surface area contributed by atoms with Gasteiger partial charge in [-0.3, -0.25) is 10.1 Å². The Morgan fingerprint density at radius 2 is 1.81 bits per heavy atom. The van der Waals surface area contributed by atoms with Crippen LogP contribution in [0.25, 0.3) is 0 Å². The number of halogens is 2. The van der Waals surface area contributed by atoms with Crippen molar-refractivity contribution < 1.29 is 9.53 Å². The van der Waals surface area contributed by atoms with Gasteiger partial charge in [0.1, 0.15) is 6.04 Å². The Hall–Kier alpha value is -1.59. The van der Waals surface area contributed by atoms with E-state index in [1.807, 2.05) is 54.3 Å². The maximum Gasteiger partial charge on any atom is 0.244 e. The van der Waals surface area contributed by atoms with E-state index in [4.69, 9.17) is 27.9 Å². The van der Waals surface area contributed by atoms with Crippen molar-refractivity contribution in [2.75, 3.05) is 26.3 Å². The predicted octanol–water partition coefficient (Wildman–Crippen LogP) is 4.24. The van der Waals surface area contributed by atoms with Crippen molar-refractivity contribution in [3.05, 3.63) is 69.7 Å². The summed E-state index contributed by atoms with van der Waals surface area (Å²) < 4.78 is 5.37. The highest BCUT2D eigenvalue weighted by Gasteiger charge is 2.28. The molecule has 138 valence electrons. The minimum absolute atomic E-state index is 0.0523. The third-order valence-electron chi connectivity index (χ3n) is 4.55. The quantitative estimate of drug-likeness (QED) is 0.826. The van der Waals surface area contributed by atoms with Crippen LogP contribution in [0.5, 0.6) is 0 Å². The maximum absolute atomic E-state index is 13.2. The molecule has 1 aliphatic rings. The molecule has 1 fully saturated rings. The van der Waals surface area contributed by atoms with Crippen LogP contribution in [0.1, 0.15) is 30.1 Å². The number of nitrogens with one attached hydrogen (secondary N) is 1. The van der Waals surface area contributed by atoms with Crippen molar-refractivity contribution in [2.24, 2.45) is 0 Å². The number of rotatable bonds is 5. The van der Waals surface area contributed by atoms with E-state index in [2.05, 4.69) is 5.32 Å². The normalized spacial score (nSPS) is 17.0. The molecule has 2 aromatic carbocycles. The fourth-order valence-corrected chi connectivity index (χ4v) is 3.69. The number of carbonyl (C=O) groups is 1. The monoisotopic (exact) mass is 392 g/mol. The van der Waals surface area contributed by atoms with Crippen molar-refractivity contribution in [1.29, 1.82) is 0 Å². The largest absolute Gasteiger partial charge is 0.378 e. The lowest BCUT2D eigenvalue weighted by molar-refractivity contribution is -0.138. The summed E-state index contributed by atoms with van der Waals surface area (Å²) in [7, 11) is 0. The number of hydrogen-bond donors (Lipinski definition) is 1. The molecule has 1 heterocycles. The van der Waals surface area contributed by atoms with Crippen molar-refractivity contribution in [3.63, 3.8) is 0 Å². The molecule has 1 aliphatic heterocycles. The highest BCUT2D eigenvalue weighted by Crippen LogP contribution is 2.28. The number of nitrogens with zero attached hydrogens (tertiary/aromatic N) is 1. The minimum atomic E-state index is -0.448. The van der Waals surface area contributed by atoms with Gasteiger partial charge < -0.3 is 9.64 Å². The number of morpholine rings is 1. The molecule has 0 saturated carbocycles. The van der Waals surface area contributed by atoms with Gasteiger partial charge in [-0.05, 0) is 30.2 Å². The predicted molar refractivity (Wildman–Crippen MR) is 105 cm³/mol. The summed E-state index contributed by atoms with van der Waals surface area (Å²) >= 11 is 12.3. The molecule has 1 amide bonds. The molecule has 0 unspecified atom stereocenters. The van der Waals surface area contributed by atoms with Crippen LogP contribution in [0.15, 0.2) is 48.5 Å². The Morgan fingerprint density at radius 3 is 2.46 bits per heavy atom. The SMILES string of the molecule is C[C@H](N[C@@H](C(=O)N1CCOCC1)c1ccccc1)c1ccc(Cl)cc1Cl. The van der Waals surface area contributed by atoms with Gasteiger partial charge >= 0.3 is 0 Å². The standard InChI is InChI=1S/C20H22Cl2N2O2/c1-14(17-8-7-16(21)13-18(17)22)23-19(15-5-3-2-4-6-15)20(25)24-9-11-26-12-10-24/h2-8,13-14,19,23H,9-12H2,1H3/t14-,19+/m0/s1. The van der Waals surface area contributed by atoms with Gasteiger partial charge in [0.2, 0.25) is 5.91 Å². The number of amides is 1. The van der Waals surface area contributed by atoms with Gasteiger partial charge in [-0.2, -0.15) is 0 Å². The van der Waals surface area contributed by atoms with Gasteiger partial charge in [0.25, 0.3) is 0 Å². The fraction of sp³-hybridized carbons (Fsp3) is 0.350. The van der Waals surface area contributed by atoms with Gasteiger partial charge in [0.05, 0.1) is 13.2 Å². The lowest BCUT2D eigenvalue weighted by Gasteiger charge is -2.32. The molecule has 0 spiro atoms. The Kier molecular flexibility index (Phi) is 6.54. The summed E-state index contributed by atoms with van der Waals surface area (Å²) in [4.78, 5) is 15.0. The van der Waals surface area contributed by atoms with E-state index in [-0.39, 0.29) is 11.9 Å². The van der Waals surface area contributed by atoms with Gasteiger partial charge in [0.15, 0.2) is 0 Å². The summed E-state index contributed by atoms with van der Waals surface area (Å²) in [6.07, 6.45) is 0. The second-order valence-corrected chi connectivity index (χ2v) is 7.18. The molecule has 2 aromatic rings. The van der Waals surface area contributed by atoms with Crippen LogP contribution < -0.4 is 5.32 Å². The van der Waals surface area contributed by atoms with E-state index in [0.29, 0.717) is 36.3 Å². The van der Waals surface area contributed by atoms with Crippen LogP contribution in [0, 0.1) is 0 Å². The molecule has 3 rings (SSSR count). The van der Waals surface area contributed by atoms with Crippen LogP contribution in [0.2, 0.25) is 10.0 Å². The first-order valence-corrected chi connectivity index (χ1v) is 9.44. The van der Waals surface area contributed by atoms with E-state index in [0.717, 1.165) is 11.1 Å². The molecule has 1 N–H and O–H groups in total. The van der Waals surface area contributed by atoms with E-state index in [1.165, 1.54) is 0 Å². The average molecular weight is 393 g/mol. The Labute approximate surface area is 164 Å². The zero-order chi connectivity index (χ0) is 18.5. The van der Waals surface area contributed by atoms with Gasteiger partial charge in [-0.1, -0.05) is 59.6 Å². The van der Waals surface area contributed by atoms with Crippen LogP contribution in [0.3, 0.4) is 0 Å².